The van der Waals surface area contributed by atoms with E-state index in [1.165, 1.54) is 17.8 Å². The second-order valence-electron chi connectivity index (χ2n) is 8.82. The highest BCUT2D eigenvalue weighted by molar-refractivity contribution is 7.99. The van der Waals surface area contributed by atoms with Gasteiger partial charge in [0.25, 0.3) is 0 Å². The van der Waals surface area contributed by atoms with Crippen LogP contribution < -0.4 is 16.4 Å². The summed E-state index contributed by atoms with van der Waals surface area (Å²) in [6.07, 6.45) is -3.30. The number of primary amides is 1. The minimum absolute atomic E-state index is 0.0303. The van der Waals surface area contributed by atoms with Crippen molar-refractivity contribution in [2.75, 3.05) is 37.0 Å². The van der Waals surface area contributed by atoms with Crippen LogP contribution in [0.1, 0.15) is 40.5 Å². The third-order valence-electron chi connectivity index (χ3n) is 4.67. The van der Waals surface area contributed by atoms with Gasteiger partial charge in [-0.15, -0.1) is 0 Å². The number of amides is 3. The van der Waals surface area contributed by atoms with Gasteiger partial charge in [-0.25, -0.2) is 4.39 Å². The van der Waals surface area contributed by atoms with Crippen molar-refractivity contribution in [3.63, 3.8) is 0 Å². The maximum atomic E-state index is 14.0. The first-order valence-corrected chi connectivity index (χ1v) is 12.7. The summed E-state index contributed by atoms with van der Waals surface area (Å²) in [7, 11) is 1.77. The van der Waals surface area contributed by atoms with Crippen LogP contribution in [0, 0.1) is 22.6 Å². The Bertz CT molecular complexity index is 960. The van der Waals surface area contributed by atoms with E-state index in [1.54, 1.807) is 50.9 Å². The molecular formula is C25H37F4N5O3S. The topological polar surface area (TPSA) is 128 Å². The highest BCUT2D eigenvalue weighted by atomic mass is 32.2. The Morgan fingerprint density at radius 2 is 1.84 bits per heavy atom. The van der Waals surface area contributed by atoms with Crippen molar-refractivity contribution in [1.82, 2.24) is 4.90 Å². The lowest BCUT2D eigenvalue weighted by atomic mass is 9.95. The Morgan fingerprint density at radius 1 is 1.29 bits per heavy atom. The van der Waals surface area contributed by atoms with Crippen molar-refractivity contribution in [3.8, 4) is 6.07 Å². The molecule has 8 nitrogen and oxygen atoms in total. The molecule has 0 heterocycles. The van der Waals surface area contributed by atoms with E-state index in [0.717, 1.165) is 0 Å². The molecule has 4 N–H and O–H groups in total. The van der Waals surface area contributed by atoms with Gasteiger partial charge in [0, 0.05) is 43.2 Å². The molecule has 0 saturated heterocycles. The second-order valence-corrected chi connectivity index (χ2v) is 9.86. The van der Waals surface area contributed by atoms with Crippen molar-refractivity contribution < 1.29 is 31.9 Å². The molecule has 0 fully saturated rings. The molecule has 0 radical (unpaired) electrons. The van der Waals surface area contributed by atoms with Gasteiger partial charge in [-0.1, -0.05) is 27.4 Å². The van der Waals surface area contributed by atoms with E-state index in [2.05, 4.69) is 22.9 Å². The van der Waals surface area contributed by atoms with Crippen LogP contribution in [0.15, 0.2) is 30.4 Å². The molecule has 0 aliphatic rings. The molecule has 1 aromatic rings. The average molecular weight is 564 g/mol. The Morgan fingerprint density at radius 3 is 2.26 bits per heavy atom. The first kappa shape index (κ1) is 36.9. The molecule has 0 saturated carbocycles. The normalized spacial score (nSPS) is 11.3. The number of nitrogens with zero attached hydrogens (tertiary/aromatic N) is 2. The average Bonchev–Trinajstić information content (AvgIpc) is 2.83. The summed E-state index contributed by atoms with van der Waals surface area (Å²) >= 11 is 1.46. The molecule has 3 amide bonds. The van der Waals surface area contributed by atoms with Crippen LogP contribution in [0.25, 0.3) is 0 Å². The molecule has 1 atom stereocenters. The number of hydrogen-bond acceptors (Lipinski definition) is 6. The number of benzene rings is 1. The molecule has 1 unspecified atom stereocenters. The third kappa shape index (κ3) is 16.5. The van der Waals surface area contributed by atoms with Gasteiger partial charge in [-0.2, -0.15) is 30.2 Å². The summed E-state index contributed by atoms with van der Waals surface area (Å²) in [5.74, 6) is -0.706. The first-order valence-electron chi connectivity index (χ1n) is 11.4. The molecule has 1 aromatic carbocycles. The quantitative estimate of drug-likeness (QED) is 0.222. The van der Waals surface area contributed by atoms with Gasteiger partial charge in [-0.3, -0.25) is 14.4 Å². The van der Waals surface area contributed by atoms with Crippen molar-refractivity contribution in [3.05, 3.63) is 36.2 Å². The fraction of sp³-hybridized carbons (Fsp3) is 0.520. The minimum Gasteiger partial charge on any atom is -0.383 e. The number of carbonyl (C=O) groups is 3. The number of anilines is 2. The zero-order chi connectivity index (χ0) is 30.1. The van der Waals surface area contributed by atoms with Crippen molar-refractivity contribution in [1.29, 1.82) is 5.26 Å². The highest BCUT2D eigenvalue weighted by Crippen LogP contribution is 2.24. The van der Waals surface area contributed by atoms with E-state index in [9.17, 15) is 27.2 Å². The van der Waals surface area contributed by atoms with E-state index in [0.29, 0.717) is 18.8 Å². The lowest BCUT2D eigenvalue weighted by molar-refractivity contribution is -0.134. The smallest absolute Gasteiger partial charge is 0.383 e. The monoisotopic (exact) mass is 563 g/mol. The Balaban J connectivity index is 0. The number of hydrogen-bond donors (Lipinski definition) is 3. The second kappa shape index (κ2) is 18.1. The van der Waals surface area contributed by atoms with E-state index in [4.69, 9.17) is 10.1 Å². The first-order chi connectivity index (χ1) is 17.5. The number of allylic oxidation sites excluding steroid dienone is 1. The predicted octanol–water partition coefficient (Wildman–Crippen LogP) is 4.94. The van der Waals surface area contributed by atoms with Gasteiger partial charge in [0.2, 0.25) is 18.2 Å². The molecule has 13 heteroatoms. The van der Waals surface area contributed by atoms with Gasteiger partial charge in [0.1, 0.15) is 11.1 Å². The van der Waals surface area contributed by atoms with E-state index in [1.807, 2.05) is 13.2 Å². The highest BCUT2D eigenvalue weighted by Gasteiger charge is 2.26. The van der Waals surface area contributed by atoms with Gasteiger partial charge in [0.15, 0.2) is 0 Å². The predicted molar refractivity (Wildman–Crippen MR) is 144 cm³/mol. The maximum absolute atomic E-state index is 14.0. The largest absolute Gasteiger partial charge is 0.389 e. The lowest BCUT2D eigenvalue weighted by Crippen LogP contribution is -2.38. The Hall–Kier alpha value is -3.27. The number of nitriles is 1. The summed E-state index contributed by atoms with van der Waals surface area (Å²) < 4.78 is 48.2. The molecule has 0 bridgehead atoms. The van der Waals surface area contributed by atoms with Crippen LogP contribution in [0.2, 0.25) is 0 Å². The third-order valence-corrected chi connectivity index (χ3v) is 5.60. The summed E-state index contributed by atoms with van der Waals surface area (Å²) in [4.78, 5) is 34.6. The fourth-order valence-corrected chi connectivity index (χ4v) is 2.90. The molecule has 0 aliphatic heterocycles. The molecule has 214 valence electrons. The van der Waals surface area contributed by atoms with Crippen LogP contribution in [0.4, 0.5) is 28.9 Å². The summed E-state index contributed by atoms with van der Waals surface area (Å²) in [5.41, 5.74) is 4.30. The number of rotatable bonds is 9. The standard InChI is InChI=1S/C18H28FN3O2S.C6H6F3N.CH3NO/c1-7-22(5)16(23)15(25-6)11-20-12-8-9-13(19)14(10-12)21-17(24)18(2,3)4;1-5(4-10)2-3-6(7,8)9;2-1-3/h8-10,15,20H,7,11H2,1-6H3,(H,21,24);1-3H2;1H,(H2,2,3). The molecule has 1 rings (SSSR count). The van der Waals surface area contributed by atoms with E-state index >= 15 is 0 Å². The van der Waals surface area contributed by atoms with Crippen LogP contribution in [-0.2, 0) is 14.4 Å². The fourth-order valence-electron chi connectivity index (χ4n) is 2.27. The number of nitrogens with one attached hydrogen (secondary N) is 2. The Labute approximate surface area is 226 Å². The number of halogens is 4. The summed E-state index contributed by atoms with van der Waals surface area (Å²) in [6.45, 7) is 11.4. The van der Waals surface area contributed by atoms with Gasteiger partial charge in [0.05, 0.1) is 11.8 Å². The molecule has 0 aliphatic carbocycles. The van der Waals surface area contributed by atoms with E-state index in [-0.39, 0.29) is 41.2 Å². The number of thioether (sulfide) groups is 1. The van der Waals surface area contributed by atoms with Gasteiger partial charge in [-0.05, 0) is 37.8 Å². The lowest BCUT2D eigenvalue weighted by Gasteiger charge is -2.22. The number of nitrogens with two attached hydrogens (primary N) is 1. The molecular weight excluding hydrogens is 526 g/mol. The van der Waals surface area contributed by atoms with Crippen LogP contribution in [0.5, 0.6) is 0 Å². The minimum atomic E-state index is -4.18. The molecule has 0 aromatic heterocycles. The van der Waals surface area contributed by atoms with Crippen LogP contribution in [-0.4, -0.2) is 60.9 Å². The van der Waals surface area contributed by atoms with E-state index < -0.39 is 23.8 Å². The van der Waals surface area contributed by atoms with Crippen LogP contribution >= 0.6 is 11.8 Å². The van der Waals surface area contributed by atoms with Gasteiger partial charge >= 0.3 is 6.18 Å². The van der Waals surface area contributed by atoms with Crippen molar-refractivity contribution in [2.45, 2.75) is 52.0 Å². The number of alkyl halides is 3. The maximum Gasteiger partial charge on any atom is 0.389 e. The van der Waals surface area contributed by atoms with Gasteiger partial charge < -0.3 is 21.3 Å². The zero-order valence-electron chi connectivity index (χ0n) is 22.5. The molecule has 0 spiro atoms. The zero-order valence-corrected chi connectivity index (χ0v) is 23.4. The number of carbonyl (C=O) groups excluding carboxylic acids is 3. The molecule has 38 heavy (non-hydrogen) atoms. The SMILES string of the molecule is C=C(C#N)CCC(F)(F)F.CCN(C)C(=O)C(CNc1ccc(F)c(NC(=O)C(C)(C)C)c1)SC.NC=O. The van der Waals surface area contributed by atoms with Crippen LogP contribution in [0.3, 0.4) is 0 Å². The Kier molecular flexibility index (Phi) is 17.5. The summed E-state index contributed by atoms with van der Waals surface area (Å²) in [5, 5.41) is 13.5. The summed E-state index contributed by atoms with van der Waals surface area (Å²) in [6, 6.07) is 5.98. The van der Waals surface area contributed by atoms with Crippen molar-refractivity contribution in [2.24, 2.45) is 11.1 Å². The van der Waals surface area contributed by atoms with Crippen molar-refractivity contribution >= 4 is 41.4 Å².